The number of fused-ring (bicyclic) bond motifs is 1. The summed E-state index contributed by atoms with van der Waals surface area (Å²) in [5.41, 5.74) is 4.83. The third kappa shape index (κ3) is 6.84. The van der Waals surface area contributed by atoms with E-state index < -0.39 is 12.0 Å². The number of aromatic nitrogens is 1. The minimum absolute atomic E-state index is 0.187. The lowest BCUT2D eigenvalue weighted by Crippen LogP contribution is -2.40. The molecule has 1 aliphatic rings. The standard InChI is InChI=1S/C38H32Cl2N2O4S/c1-4-45-37(44)33-34(26-10-6-5-7-11-26)41-38-42(35(33)27-17-15-25(16-18-27)23(2)3)36(43)32(47-38)21-28-12-8-9-13-31(28)46-22-24-14-19-29(39)30(40)20-24/h5-21,23,35H,4,22H2,1-3H3/b32-21-/t35-/m1/s1. The van der Waals surface area contributed by atoms with Crippen LogP contribution in [0.25, 0.3) is 11.8 Å². The van der Waals surface area contributed by atoms with Crippen molar-refractivity contribution < 1.29 is 14.3 Å². The zero-order valence-electron chi connectivity index (χ0n) is 26.1. The third-order valence-electron chi connectivity index (χ3n) is 7.88. The number of hydrogen-bond donors (Lipinski definition) is 0. The third-order valence-corrected chi connectivity index (χ3v) is 9.60. The lowest BCUT2D eigenvalue weighted by molar-refractivity contribution is -0.138. The van der Waals surface area contributed by atoms with Crippen LogP contribution in [0.15, 0.2) is 112 Å². The molecule has 0 amide bonds. The van der Waals surface area contributed by atoms with E-state index in [1.165, 1.54) is 11.3 Å². The molecule has 1 aliphatic heterocycles. The maximum absolute atomic E-state index is 14.3. The number of nitrogens with zero attached hydrogens (tertiary/aromatic N) is 2. The minimum Gasteiger partial charge on any atom is -0.488 e. The van der Waals surface area contributed by atoms with Gasteiger partial charge in [0.2, 0.25) is 0 Å². The average Bonchev–Trinajstić information content (AvgIpc) is 3.39. The Morgan fingerprint density at radius 3 is 2.38 bits per heavy atom. The molecule has 6 nitrogen and oxygen atoms in total. The van der Waals surface area contributed by atoms with Crippen molar-refractivity contribution in [1.29, 1.82) is 0 Å². The van der Waals surface area contributed by atoms with Crippen LogP contribution in [0.1, 0.15) is 60.5 Å². The second-order valence-electron chi connectivity index (χ2n) is 11.3. The molecule has 0 bridgehead atoms. The molecule has 0 unspecified atom stereocenters. The van der Waals surface area contributed by atoms with Crippen molar-refractivity contribution in [3.05, 3.63) is 160 Å². The molecule has 9 heteroatoms. The molecule has 0 radical (unpaired) electrons. The summed E-state index contributed by atoms with van der Waals surface area (Å²) in [5.74, 6) is 0.413. The number of thiazole rings is 1. The monoisotopic (exact) mass is 682 g/mol. The highest BCUT2D eigenvalue weighted by molar-refractivity contribution is 7.07. The number of carbonyl (C=O) groups excluding carboxylic acids is 1. The fourth-order valence-corrected chi connectivity index (χ4v) is 6.79. The topological polar surface area (TPSA) is 69.9 Å². The van der Waals surface area contributed by atoms with Crippen LogP contribution in [0.2, 0.25) is 10.0 Å². The number of hydrogen-bond acceptors (Lipinski definition) is 6. The van der Waals surface area contributed by atoms with E-state index in [1.807, 2.05) is 91.0 Å². The summed E-state index contributed by atoms with van der Waals surface area (Å²) in [5, 5.41) is 0.925. The molecular weight excluding hydrogens is 651 g/mol. The summed E-state index contributed by atoms with van der Waals surface area (Å²) >= 11 is 13.6. The van der Waals surface area contributed by atoms with Gasteiger partial charge in [0.25, 0.3) is 5.56 Å². The lowest BCUT2D eigenvalue weighted by atomic mass is 9.91. The van der Waals surface area contributed by atoms with Crippen LogP contribution in [0, 0.1) is 0 Å². The largest absolute Gasteiger partial charge is 0.488 e. The van der Waals surface area contributed by atoms with Gasteiger partial charge in [-0.3, -0.25) is 9.36 Å². The summed E-state index contributed by atoms with van der Waals surface area (Å²) in [6.07, 6.45) is 1.81. The Morgan fingerprint density at radius 2 is 1.68 bits per heavy atom. The summed E-state index contributed by atoms with van der Waals surface area (Å²) in [7, 11) is 0. The second kappa shape index (κ2) is 14.1. The predicted molar refractivity (Wildman–Crippen MR) is 189 cm³/mol. The van der Waals surface area contributed by atoms with Gasteiger partial charge < -0.3 is 9.47 Å². The van der Waals surface area contributed by atoms with Crippen LogP contribution < -0.4 is 19.6 Å². The Kier molecular flexibility index (Phi) is 9.78. The van der Waals surface area contributed by atoms with Gasteiger partial charge in [0.1, 0.15) is 12.4 Å². The van der Waals surface area contributed by atoms with E-state index in [4.69, 9.17) is 37.7 Å². The van der Waals surface area contributed by atoms with E-state index in [9.17, 15) is 9.59 Å². The van der Waals surface area contributed by atoms with Crippen molar-refractivity contribution >= 4 is 52.3 Å². The molecule has 5 aromatic rings. The number of rotatable bonds is 9. The molecule has 0 N–H and O–H groups in total. The van der Waals surface area contributed by atoms with Gasteiger partial charge in [0, 0.05) is 11.1 Å². The molecule has 0 saturated carbocycles. The van der Waals surface area contributed by atoms with Crippen molar-refractivity contribution in [2.24, 2.45) is 4.99 Å². The molecule has 6 rings (SSSR count). The van der Waals surface area contributed by atoms with Gasteiger partial charge in [-0.2, -0.15) is 0 Å². The molecule has 1 aromatic heterocycles. The Morgan fingerprint density at radius 1 is 0.957 bits per heavy atom. The minimum atomic E-state index is -0.745. The Labute approximate surface area is 286 Å². The molecule has 4 aromatic carbocycles. The smallest absolute Gasteiger partial charge is 0.338 e. The van der Waals surface area contributed by atoms with Crippen LogP contribution in [-0.2, 0) is 16.1 Å². The Hall–Kier alpha value is -4.43. The molecule has 0 fully saturated rings. The summed E-state index contributed by atoms with van der Waals surface area (Å²) in [4.78, 5) is 33.5. The van der Waals surface area contributed by atoms with Crippen LogP contribution in [0.3, 0.4) is 0 Å². The van der Waals surface area contributed by atoms with Gasteiger partial charge in [-0.1, -0.05) is 127 Å². The van der Waals surface area contributed by atoms with Crippen LogP contribution in [0.5, 0.6) is 5.75 Å². The number of ether oxygens (including phenoxy) is 2. The van der Waals surface area contributed by atoms with Crippen LogP contribution >= 0.6 is 34.5 Å². The number of benzene rings is 4. The normalized spacial score (nSPS) is 14.6. The summed E-state index contributed by atoms with van der Waals surface area (Å²) in [6, 6.07) is 29.7. The van der Waals surface area contributed by atoms with Crippen molar-refractivity contribution in [2.75, 3.05) is 6.61 Å². The van der Waals surface area contributed by atoms with Crippen molar-refractivity contribution in [2.45, 2.75) is 39.3 Å². The van der Waals surface area contributed by atoms with Gasteiger partial charge in [-0.15, -0.1) is 0 Å². The van der Waals surface area contributed by atoms with E-state index >= 15 is 0 Å². The van der Waals surface area contributed by atoms with Crippen molar-refractivity contribution in [1.82, 2.24) is 4.57 Å². The number of esters is 1. The Balaban J connectivity index is 1.51. The maximum Gasteiger partial charge on any atom is 0.338 e. The first kappa shape index (κ1) is 32.5. The fourth-order valence-electron chi connectivity index (χ4n) is 5.48. The lowest BCUT2D eigenvalue weighted by Gasteiger charge is -2.26. The van der Waals surface area contributed by atoms with Gasteiger partial charge >= 0.3 is 5.97 Å². The van der Waals surface area contributed by atoms with Crippen LogP contribution in [-0.4, -0.2) is 17.1 Å². The first-order valence-corrected chi connectivity index (χ1v) is 16.9. The highest BCUT2D eigenvalue weighted by Gasteiger charge is 2.35. The van der Waals surface area contributed by atoms with E-state index in [0.29, 0.717) is 42.3 Å². The Bertz CT molecular complexity index is 2150. The van der Waals surface area contributed by atoms with Crippen LogP contribution in [0.4, 0.5) is 0 Å². The first-order chi connectivity index (χ1) is 22.7. The summed E-state index contributed by atoms with van der Waals surface area (Å²) < 4.78 is 13.8. The fraction of sp³-hybridized carbons (Fsp3) is 0.184. The quantitative estimate of drug-likeness (QED) is 0.148. The zero-order valence-corrected chi connectivity index (χ0v) is 28.4. The van der Waals surface area contributed by atoms with Gasteiger partial charge in [-0.05, 0) is 53.8 Å². The van der Waals surface area contributed by atoms with E-state index in [0.717, 1.165) is 27.8 Å². The predicted octanol–water partition coefficient (Wildman–Crippen LogP) is 7.94. The molecule has 238 valence electrons. The second-order valence-corrected chi connectivity index (χ2v) is 13.2. The van der Waals surface area contributed by atoms with Gasteiger partial charge in [-0.25, -0.2) is 9.79 Å². The van der Waals surface area contributed by atoms with Gasteiger partial charge in [0.15, 0.2) is 4.80 Å². The highest BCUT2D eigenvalue weighted by atomic mass is 35.5. The molecule has 1 atom stereocenters. The zero-order chi connectivity index (χ0) is 33.1. The number of halogens is 2. The SMILES string of the molecule is CCOC(=O)C1=C(c2ccccc2)N=c2s/c(=C\c3ccccc3OCc3ccc(Cl)c(Cl)c3)c(=O)n2[C@@H]1c1ccc(C(C)C)cc1. The number of carbonyl (C=O) groups is 1. The van der Waals surface area contributed by atoms with E-state index in [1.54, 1.807) is 23.6 Å². The molecule has 0 saturated heterocycles. The maximum atomic E-state index is 14.3. The average molecular weight is 684 g/mol. The van der Waals surface area contributed by atoms with E-state index in [2.05, 4.69) is 13.8 Å². The first-order valence-electron chi connectivity index (χ1n) is 15.3. The van der Waals surface area contributed by atoms with Gasteiger partial charge in [0.05, 0.1) is 38.5 Å². The molecule has 2 heterocycles. The van der Waals surface area contributed by atoms with E-state index in [-0.39, 0.29) is 18.8 Å². The highest BCUT2D eigenvalue weighted by Crippen LogP contribution is 2.35. The molecule has 0 spiro atoms. The molecule has 0 aliphatic carbocycles. The molecular formula is C38H32Cl2N2O4S. The number of para-hydroxylation sites is 1. The van der Waals surface area contributed by atoms with Crippen molar-refractivity contribution in [3.63, 3.8) is 0 Å². The molecule has 47 heavy (non-hydrogen) atoms. The van der Waals surface area contributed by atoms with Crippen molar-refractivity contribution in [3.8, 4) is 5.75 Å². The summed E-state index contributed by atoms with van der Waals surface area (Å²) in [6.45, 7) is 6.47.